The van der Waals surface area contributed by atoms with Crippen LogP contribution in [0.1, 0.15) is 32.3 Å². The Balaban J connectivity index is 1.57. The van der Waals surface area contributed by atoms with Crippen LogP contribution < -0.4 is 5.32 Å². The molecule has 0 aliphatic carbocycles. The van der Waals surface area contributed by atoms with Gasteiger partial charge in [0.25, 0.3) is 0 Å². The standard InChI is InChI=1S/C15H26N2S/c1-13-4-3-9-17(14(13)2)10-8-16-7-5-15-6-11-18-12-15/h6,11-14,16H,3-5,7-10H2,1-2H3. The van der Waals surface area contributed by atoms with E-state index in [0.29, 0.717) is 0 Å². The maximum absolute atomic E-state index is 3.57. The topological polar surface area (TPSA) is 15.3 Å². The number of nitrogens with zero attached hydrogens (tertiary/aromatic N) is 1. The number of hydrogen-bond acceptors (Lipinski definition) is 3. The summed E-state index contributed by atoms with van der Waals surface area (Å²) < 4.78 is 0. The summed E-state index contributed by atoms with van der Waals surface area (Å²) in [5.41, 5.74) is 1.47. The van der Waals surface area contributed by atoms with Crippen LogP contribution in [0.25, 0.3) is 0 Å². The van der Waals surface area contributed by atoms with Crippen LogP contribution in [-0.4, -0.2) is 37.1 Å². The summed E-state index contributed by atoms with van der Waals surface area (Å²) in [5.74, 6) is 0.865. The molecule has 2 unspecified atom stereocenters. The minimum atomic E-state index is 0.762. The molecule has 0 radical (unpaired) electrons. The third-order valence-corrected chi connectivity index (χ3v) is 4.98. The van der Waals surface area contributed by atoms with E-state index in [2.05, 4.69) is 40.9 Å². The molecule has 0 bridgehead atoms. The van der Waals surface area contributed by atoms with E-state index in [9.17, 15) is 0 Å². The van der Waals surface area contributed by atoms with Gasteiger partial charge in [-0.1, -0.05) is 6.92 Å². The fourth-order valence-corrected chi connectivity index (χ4v) is 3.45. The molecule has 3 heteroatoms. The molecule has 0 saturated carbocycles. The van der Waals surface area contributed by atoms with Crippen molar-refractivity contribution in [3.8, 4) is 0 Å². The van der Waals surface area contributed by atoms with Gasteiger partial charge in [-0.2, -0.15) is 11.3 Å². The predicted molar refractivity (Wildman–Crippen MR) is 80.3 cm³/mol. The van der Waals surface area contributed by atoms with Crippen LogP contribution >= 0.6 is 11.3 Å². The predicted octanol–water partition coefficient (Wildman–Crippen LogP) is 3.00. The molecule has 1 aliphatic rings. The molecule has 2 atom stereocenters. The minimum absolute atomic E-state index is 0.762. The molecule has 18 heavy (non-hydrogen) atoms. The zero-order valence-corrected chi connectivity index (χ0v) is 12.5. The molecule has 1 N–H and O–H groups in total. The first-order chi connectivity index (χ1) is 8.77. The molecule has 1 saturated heterocycles. The van der Waals surface area contributed by atoms with Crippen LogP contribution in [0, 0.1) is 5.92 Å². The van der Waals surface area contributed by atoms with Gasteiger partial charge in [0.15, 0.2) is 0 Å². The van der Waals surface area contributed by atoms with E-state index in [1.54, 1.807) is 11.3 Å². The highest BCUT2D eigenvalue weighted by Crippen LogP contribution is 2.21. The molecule has 0 amide bonds. The van der Waals surface area contributed by atoms with Gasteiger partial charge in [0.1, 0.15) is 0 Å². The number of nitrogens with one attached hydrogen (secondary N) is 1. The molecule has 1 aromatic rings. The van der Waals surface area contributed by atoms with Gasteiger partial charge in [-0.3, -0.25) is 4.90 Å². The monoisotopic (exact) mass is 266 g/mol. The average molecular weight is 266 g/mol. The van der Waals surface area contributed by atoms with Gasteiger partial charge in [-0.05, 0) is 67.6 Å². The number of rotatable bonds is 6. The highest BCUT2D eigenvalue weighted by Gasteiger charge is 2.23. The lowest BCUT2D eigenvalue weighted by Gasteiger charge is -2.37. The van der Waals surface area contributed by atoms with Gasteiger partial charge in [-0.15, -0.1) is 0 Å². The average Bonchev–Trinajstić information content (AvgIpc) is 2.87. The first-order valence-electron chi connectivity index (χ1n) is 7.23. The number of thiophene rings is 1. The lowest BCUT2D eigenvalue weighted by Crippen LogP contribution is -2.45. The Morgan fingerprint density at radius 2 is 2.28 bits per heavy atom. The van der Waals surface area contributed by atoms with Crippen molar-refractivity contribution in [3.63, 3.8) is 0 Å². The lowest BCUT2D eigenvalue weighted by atomic mass is 9.92. The van der Waals surface area contributed by atoms with Crippen LogP contribution in [-0.2, 0) is 6.42 Å². The molecular weight excluding hydrogens is 240 g/mol. The summed E-state index contributed by atoms with van der Waals surface area (Å²) in [7, 11) is 0. The number of piperidine rings is 1. The molecule has 2 nitrogen and oxygen atoms in total. The van der Waals surface area contributed by atoms with Gasteiger partial charge < -0.3 is 5.32 Å². The SMILES string of the molecule is CC1CCCN(CCNCCc2ccsc2)C1C. The van der Waals surface area contributed by atoms with E-state index < -0.39 is 0 Å². The summed E-state index contributed by atoms with van der Waals surface area (Å²) in [6.45, 7) is 9.50. The van der Waals surface area contributed by atoms with Crippen LogP contribution in [0.4, 0.5) is 0 Å². The summed E-state index contributed by atoms with van der Waals surface area (Å²) in [6, 6.07) is 2.98. The van der Waals surface area contributed by atoms with Crippen molar-refractivity contribution >= 4 is 11.3 Å². The van der Waals surface area contributed by atoms with Crippen molar-refractivity contribution in [2.45, 2.75) is 39.2 Å². The van der Waals surface area contributed by atoms with Gasteiger partial charge in [0, 0.05) is 19.1 Å². The molecule has 1 aliphatic heterocycles. The van der Waals surface area contributed by atoms with E-state index in [0.717, 1.165) is 31.5 Å². The van der Waals surface area contributed by atoms with E-state index >= 15 is 0 Å². The van der Waals surface area contributed by atoms with Gasteiger partial charge in [0.05, 0.1) is 0 Å². The van der Waals surface area contributed by atoms with Crippen LogP contribution in [0.2, 0.25) is 0 Å². The van der Waals surface area contributed by atoms with E-state index in [-0.39, 0.29) is 0 Å². The van der Waals surface area contributed by atoms with Crippen molar-refractivity contribution in [2.75, 3.05) is 26.2 Å². The normalized spacial score (nSPS) is 25.4. The summed E-state index contributed by atoms with van der Waals surface area (Å²) >= 11 is 1.79. The summed E-state index contributed by atoms with van der Waals surface area (Å²) in [4.78, 5) is 2.64. The van der Waals surface area contributed by atoms with Crippen molar-refractivity contribution in [1.29, 1.82) is 0 Å². The second kappa shape index (κ2) is 7.27. The van der Waals surface area contributed by atoms with Crippen LogP contribution in [0.3, 0.4) is 0 Å². The molecule has 2 rings (SSSR count). The Kier molecular flexibility index (Phi) is 5.67. The minimum Gasteiger partial charge on any atom is -0.315 e. The zero-order chi connectivity index (χ0) is 12.8. The van der Waals surface area contributed by atoms with Gasteiger partial charge >= 0.3 is 0 Å². The maximum atomic E-state index is 3.57. The Labute approximate surface area is 115 Å². The number of likely N-dealkylation sites (tertiary alicyclic amines) is 1. The number of hydrogen-bond donors (Lipinski definition) is 1. The summed E-state index contributed by atoms with van der Waals surface area (Å²) in [5, 5.41) is 7.97. The fourth-order valence-electron chi connectivity index (χ4n) is 2.75. The third-order valence-electron chi connectivity index (χ3n) is 4.25. The molecule has 1 aromatic heterocycles. The van der Waals surface area contributed by atoms with E-state index in [1.807, 2.05) is 0 Å². The molecule has 2 heterocycles. The van der Waals surface area contributed by atoms with Crippen molar-refractivity contribution in [2.24, 2.45) is 5.92 Å². The third kappa shape index (κ3) is 4.08. The molecule has 102 valence electrons. The van der Waals surface area contributed by atoms with Crippen molar-refractivity contribution in [3.05, 3.63) is 22.4 Å². The zero-order valence-electron chi connectivity index (χ0n) is 11.7. The molecular formula is C15H26N2S. The Morgan fingerprint density at radius 1 is 1.39 bits per heavy atom. The van der Waals surface area contributed by atoms with Gasteiger partial charge in [-0.25, -0.2) is 0 Å². The Bertz CT molecular complexity index is 323. The van der Waals surface area contributed by atoms with Crippen LogP contribution in [0.15, 0.2) is 16.8 Å². The molecule has 1 fully saturated rings. The molecule has 0 aromatic carbocycles. The van der Waals surface area contributed by atoms with Crippen molar-refractivity contribution in [1.82, 2.24) is 10.2 Å². The maximum Gasteiger partial charge on any atom is 0.0110 e. The van der Waals surface area contributed by atoms with Gasteiger partial charge in [0.2, 0.25) is 0 Å². The second-order valence-corrected chi connectivity index (χ2v) is 6.31. The van der Waals surface area contributed by atoms with E-state index in [4.69, 9.17) is 0 Å². The molecule has 0 spiro atoms. The van der Waals surface area contributed by atoms with E-state index in [1.165, 1.54) is 31.5 Å². The largest absolute Gasteiger partial charge is 0.315 e. The quantitative estimate of drug-likeness (QED) is 0.796. The lowest BCUT2D eigenvalue weighted by molar-refractivity contribution is 0.115. The highest BCUT2D eigenvalue weighted by atomic mass is 32.1. The van der Waals surface area contributed by atoms with Crippen LogP contribution in [0.5, 0.6) is 0 Å². The fraction of sp³-hybridized carbons (Fsp3) is 0.733. The first-order valence-corrected chi connectivity index (χ1v) is 8.17. The first kappa shape index (κ1) is 14.0. The second-order valence-electron chi connectivity index (χ2n) is 5.53. The Morgan fingerprint density at radius 3 is 3.06 bits per heavy atom. The summed E-state index contributed by atoms with van der Waals surface area (Å²) in [6.07, 6.45) is 3.94. The smallest absolute Gasteiger partial charge is 0.0110 e. The highest BCUT2D eigenvalue weighted by molar-refractivity contribution is 7.07. The van der Waals surface area contributed by atoms with Crippen molar-refractivity contribution < 1.29 is 0 Å². The Hall–Kier alpha value is -0.380.